The lowest BCUT2D eigenvalue weighted by atomic mass is 10.0. The summed E-state index contributed by atoms with van der Waals surface area (Å²) in [5, 5.41) is 9.44. The van der Waals surface area contributed by atoms with Crippen LogP contribution in [0.1, 0.15) is 0 Å². The van der Waals surface area contributed by atoms with Crippen LogP contribution in [-0.2, 0) is 0 Å². The minimum Gasteiger partial charge on any atom is -0.456 e. The van der Waals surface area contributed by atoms with Crippen LogP contribution in [0.2, 0.25) is 0 Å². The van der Waals surface area contributed by atoms with Gasteiger partial charge in [-0.2, -0.15) is 0 Å². The zero-order valence-corrected chi connectivity index (χ0v) is 37.8. The van der Waals surface area contributed by atoms with E-state index in [1.165, 1.54) is 54.5 Å². The fourth-order valence-corrected chi connectivity index (χ4v) is 11.3. The second kappa shape index (κ2) is 15.0. The molecule has 0 aliphatic carbocycles. The van der Waals surface area contributed by atoms with Crippen molar-refractivity contribution < 1.29 is 4.42 Å². The number of benzene rings is 10. The summed E-state index contributed by atoms with van der Waals surface area (Å²) >= 11 is 0. The number of aromatic nitrogens is 4. The quantitative estimate of drug-likeness (QED) is 0.167. The van der Waals surface area contributed by atoms with E-state index in [0.717, 1.165) is 83.6 Å². The summed E-state index contributed by atoms with van der Waals surface area (Å²) in [6, 6.07) is 87.4. The van der Waals surface area contributed by atoms with Crippen LogP contribution in [-0.4, -0.2) is 18.7 Å². The Bertz CT molecular complexity index is 4550. The summed E-state index contributed by atoms with van der Waals surface area (Å²) in [6.45, 7) is 0. The van der Waals surface area contributed by atoms with Crippen molar-refractivity contribution in [3.63, 3.8) is 0 Å². The molecule has 0 atom stereocenters. The van der Waals surface area contributed by atoms with Crippen molar-refractivity contribution in [3.8, 4) is 50.7 Å². The third kappa shape index (κ3) is 5.76. The first kappa shape index (κ1) is 38.6. The molecule has 0 spiro atoms. The normalized spacial score (nSPS) is 12.0. The smallest absolute Gasteiger partial charge is 0.138 e. The Balaban J connectivity index is 0.973. The van der Waals surface area contributed by atoms with Crippen molar-refractivity contribution in [2.24, 2.45) is 0 Å². The van der Waals surface area contributed by atoms with Crippen LogP contribution in [0, 0.1) is 0 Å². The van der Waals surface area contributed by atoms with Crippen molar-refractivity contribution in [2.45, 2.75) is 0 Å². The Morgan fingerprint density at radius 1 is 0.286 bits per heavy atom. The first-order valence-electron chi connectivity index (χ1n) is 23.9. The Labute approximate surface area is 401 Å². The summed E-state index contributed by atoms with van der Waals surface area (Å²) in [4.78, 5) is 5.61. The molecule has 5 heterocycles. The predicted molar refractivity (Wildman–Crippen MR) is 291 cm³/mol. The largest absolute Gasteiger partial charge is 0.456 e. The van der Waals surface area contributed by atoms with Gasteiger partial charge in [0, 0.05) is 60.0 Å². The molecule has 0 aliphatic rings. The van der Waals surface area contributed by atoms with Gasteiger partial charge in [0.05, 0.1) is 38.8 Å². The maximum atomic E-state index is 6.30. The molecule has 10 aromatic carbocycles. The van der Waals surface area contributed by atoms with Gasteiger partial charge in [0.2, 0.25) is 0 Å². The van der Waals surface area contributed by atoms with E-state index in [9.17, 15) is 0 Å². The number of para-hydroxylation sites is 5. The van der Waals surface area contributed by atoms with Crippen LogP contribution in [0.3, 0.4) is 0 Å². The standard InChI is InChI=1S/C65H40N4O/c1-2-16-41(17-3-1)42-18-14-20-46(36-42)67-59-30-12-7-26-53(59)64-60(67)34-33-52-50-24-6-9-27-56(50)68(65(52)64)47-21-15-19-44(37-47)55-39-45(43-32-35-62-54(38-43)51-25-8-13-31-61(51)70-62)40-63(66-55)69-57-28-10-4-22-48(57)49-23-5-11-29-58(49)69/h1-40H. The van der Waals surface area contributed by atoms with Gasteiger partial charge < -0.3 is 13.6 Å². The number of hydrogen-bond acceptors (Lipinski definition) is 2. The lowest BCUT2D eigenvalue weighted by molar-refractivity contribution is 0.669. The number of rotatable bonds is 6. The van der Waals surface area contributed by atoms with Gasteiger partial charge in [0.1, 0.15) is 17.0 Å². The highest BCUT2D eigenvalue weighted by atomic mass is 16.3. The minimum absolute atomic E-state index is 0.857. The van der Waals surface area contributed by atoms with Gasteiger partial charge in [-0.1, -0.05) is 158 Å². The van der Waals surface area contributed by atoms with Crippen molar-refractivity contribution in [1.82, 2.24) is 18.7 Å². The second-order valence-corrected chi connectivity index (χ2v) is 18.3. The van der Waals surface area contributed by atoms with Crippen LogP contribution in [0.5, 0.6) is 0 Å². The Morgan fingerprint density at radius 2 is 0.829 bits per heavy atom. The Hall–Kier alpha value is -9.45. The fourth-order valence-electron chi connectivity index (χ4n) is 11.3. The molecule has 0 saturated carbocycles. The monoisotopic (exact) mass is 892 g/mol. The van der Waals surface area contributed by atoms with E-state index in [1.54, 1.807) is 0 Å². The highest BCUT2D eigenvalue weighted by Gasteiger charge is 2.22. The summed E-state index contributed by atoms with van der Waals surface area (Å²) in [5.74, 6) is 0.857. The molecule has 5 aromatic heterocycles. The molecule has 0 saturated heterocycles. The molecule has 326 valence electrons. The van der Waals surface area contributed by atoms with Crippen LogP contribution >= 0.6 is 0 Å². The summed E-state index contributed by atoms with van der Waals surface area (Å²) < 4.78 is 13.5. The van der Waals surface area contributed by atoms with E-state index in [-0.39, 0.29) is 0 Å². The molecule has 0 radical (unpaired) electrons. The van der Waals surface area contributed by atoms with E-state index in [2.05, 4.69) is 244 Å². The average Bonchev–Trinajstić information content (AvgIpc) is 4.17. The lowest BCUT2D eigenvalue weighted by Crippen LogP contribution is -2.01. The van der Waals surface area contributed by atoms with E-state index in [1.807, 2.05) is 12.1 Å². The minimum atomic E-state index is 0.857. The number of hydrogen-bond donors (Lipinski definition) is 0. The zero-order chi connectivity index (χ0) is 45.9. The van der Waals surface area contributed by atoms with Gasteiger partial charge in [-0.3, -0.25) is 4.57 Å². The SMILES string of the molecule is c1ccc(-c2cccc(-n3c4ccccc4c4c3ccc3c5ccccc5n(-c5cccc(-c6cc(-c7ccc8oc9ccccc9c8c7)cc(-n7c8ccccc8c8ccccc87)n6)c5)c34)c2)cc1. The van der Waals surface area contributed by atoms with Crippen LogP contribution in [0.4, 0.5) is 0 Å². The van der Waals surface area contributed by atoms with Gasteiger partial charge in [0.15, 0.2) is 0 Å². The lowest BCUT2D eigenvalue weighted by Gasteiger charge is -2.15. The molecule has 0 aliphatic heterocycles. The Morgan fingerprint density at radius 3 is 1.57 bits per heavy atom. The zero-order valence-electron chi connectivity index (χ0n) is 37.8. The van der Waals surface area contributed by atoms with Gasteiger partial charge in [0.25, 0.3) is 0 Å². The maximum absolute atomic E-state index is 6.30. The number of pyridine rings is 1. The van der Waals surface area contributed by atoms with Crippen molar-refractivity contribution >= 4 is 87.4 Å². The van der Waals surface area contributed by atoms with Gasteiger partial charge in [-0.05, 0) is 107 Å². The molecule has 5 heteroatoms. The Kier molecular flexibility index (Phi) is 8.29. The molecule has 0 unspecified atom stereocenters. The maximum Gasteiger partial charge on any atom is 0.138 e. The van der Waals surface area contributed by atoms with Crippen molar-refractivity contribution in [1.29, 1.82) is 0 Å². The first-order chi connectivity index (χ1) is 34.7. The van der Waals surface area contributed by atoms with Gasteiger partial charge in [-0.15, -0.1) is 0 Å². The van der Waals surface area contributed by atoms with Crippen molar-refractivity contribution in [2.75, 3.05) is 0 Å². The summed E-state index contributed by atoms with van der Waals surface area (Å²) in [7, 11) is 0. The molecular weight excluding hydrogens is 853 g/mol. The molecule has 0 fully saturated rings. The van der Waals surface area contributed by atoms with E-state index >= 15 is 0 Å². The average molecular weight is 893 g/mol. The molecule has 15 rings (SSSR count). The van der Waals surface area contributed by atoms with Crippen LogP contribution in [0.15, 0.2) is 247 Å². The molecule has 5 nitrogen and oxygen atoms in total. The third-order valence-corrected chi connectivity index (χ3v) is 14.4. The number of furan rings is 1. The number of nitrogens with zero attached hydrogens (tertiary/aromatic N) is 4. The van der Waals surface area contributed by atoms with Gasteiger partial charge in [-0.25, -0.2) is 4.98 Å². The predicted octanol–water partition coefficient (Wildman–Crippen LogP) is 17.3. The highest BCUT2D eigenvalue weighted by molar-refractivity contribution is 6.26. The highest BCUT2D eigenvalue weighted by Crippen LogP contribution is 2.43. The summed E-state index contributed by atoms with van der Waals surface area (Å²) in [6.07, 6.45) is 0. The fraction of sp³-hybridized carbons (Fsp3) is 0. The third-order valence-electron chi connectivity index (χ3n) is 14.4. The van der Waals surface area contributed by atoms with E-state index in [4.69, 9.17) is 9.40 Å². The van der Waals surface area contributed by atoms with Crippen LogP contribution < -0.4 is 0 Å². The number of fused-ring (bicyclic) bond motifs is 13. The topological polar surface area (TPSA) is 40.8 Å². The molecule has 15 aromatic rings. The first-order valence-corrected chi connectivity index (χ1v) is 23.9. The molecule has 70 heavy (non-hydrogen) atoms. The molecule has 0 N–H and O–H groups in total. The molecular formula is C65H40N4O. The van der Waals surface area contributed by atoms with Gasteiger partial charge >= 0.3 is 0 Å². The van der Waals surface area contributed by atoms with E-state index < -0.39 is 0 Å². The van der Waals surface area contributed by atoms with Crippen LogP contribution in [0.25, 0.3) is 138 Å². The van der Waals surface area contributed by atoms with Crippen molar-refractivity contribution in [3.05, 3.63) is 243 Å². The molecule has 0 bridgehead atoms. The second-order valence-electron chi connectivity index (χ2n) is 18.3. The van der Waals surface area contributed by atoms with E-state index in [0.29, 0.717) is 0 Å². The summed E-state index contributed by atoms with van der Waals surface area (Å²) in [5.41, 5.74) is 17.3. The molecule has 0 amide bonds.